The van der Waals surface area contributed by atoms with E-state index in [2.05, 4.69) is 21.4 Å². The van der Waals surface area contributed by atoms with Crippen LogP contribution in [0.3, 0.4) is 0 Å². The normalized spacial score (nSPS) is 11.2. The summed E-state index contributed by atoms with van der Waals surface area (Å²) in [6.45, 7) is 0. The van der Waals surface area contributed by atoms with Crippen LogP contribution in [0.5, 0.6) is 0 Å². The highest BCUT2D eigenvalue weighted by Crippen LogP contribution is 2.33. The van der Waals surface area contributed by atoms with Gasteiger partial charge in [-0.05, 0) is 30.3 Å². The molecule has 0 atom stereocenters. The van der Waals surface area contributed by atoms with Crippen molar-refractivity contribution >= 4 is 65.5 Å². The fraction of sp³-hybridized carbons (Fsp3) is 0. The molecule has 98 valence electrons. The van der Waals surface area contributed by atoms with Crippen molar-refractivity contribution in [2.24, 2.45) is 0 Å². The molecule has 0 unspecified atom stereocenters. The number of rotatable bonds is 2. The SMILES string of the molecule is Clc1cccc2nc(Nc3ccc4ncsc4c3)sc12. The minimum absolute atomic E-state index is 0.742. The van der Waals surface area contributed by atoms with E-state index in [0.29, 0.717) is 0 Å². The summed E-state index contributed by atoms with van der Waals surface area (Å²) < 4.78 is 2.17. The van der Waals surface area contributed by atoms with Crippen molar-refractivity contribution in [3.63, 3.8) is 0 Å². The van der Waals surface area contributed by atoms with Crippen LogP contribution in [0.4, 0.5) is 10.8 Å². The van der Waals surface area contributed by atoms with Crippen molar-refractivity contribution in [3.8, 4) is 0 Å². The Morgan fingerprint density at radius 1 is 1.10 bits per heavy atom. The highest BCUT2D eigenvalue weighted by molar-refractivity contribution is 7.22. The van der Waals surface area contributed by atoms with Crippen LogP contribution in [0.1, 0.15) is 0 Å². The van der Waals surface area contributed by atoms with Gasteiger partial charge < -0.3 is 5.32 Å². The molecule has 3 nitrogen and oxygen atoms in total. The molecule has 0 bridgehead atoms. The Morgan fingerprint density at radius 2 is 2.05 bits per heavy atom. The van der Waals surface area contributed by atoms with Crippen molar-refractivity contribution in [2.75, 3.05) is 5.32 Å². The van der Waals surface area contributed by atoms with Crippen LogP contribution in [0.15, 0.2) is 41.9 Å². The molecule has 20 heavy (non-hydrogen) atoms. The number of hydrogen-bond acceptors (Lipinski definition) is 5. The Balaban J connectivity index is 1.74. The summed E-state index contributed by atoms with van der Waals surface area (Å²) in [7, 11) is 0. The average Bonchev–Trinajstić information content (AvgIpc) is 3.05. The Bertz CT molecular complexity index is 913. The van der Waals surface area contributed by atoms with Gasteiger partial charge in [-0.25, -0.2) is 9.97 Å². The standard InChI is InChI=1S/C14H8ClN3S2/c15-9-2-1-3-11-13(9)20-14(18-11)17-8-4-5-10-12(6-8)19-7-16-10/h1-7H,(H,17,18). The fourth-order valence-electron chi connectivity index (χ4n) is 2.03. The lowest BCUT2D eigenvalue weighted by Crippen LogP contribution is -1.88. The van der Waals surface area contributed by atoms with E-state index in [4.69, 9.17) is 11.6 Å². The van der Waals surface area contributed by atoms with Crippen molar-refractivity contribution in [2.45, 2.75) is 0 Å². The van der Waals surface area contributed by atoms with Crippen molar-refractivity contribution in [1.29, 1.82) is 0 Å². The highest BCUT2D eigenvalue weighted by atomic mass is 35.5. The third kappa shape index (κ3) is 2.04. The monoisotopic (exact) mass is 317 g/mol. The predicted octanol–water partition coefficient (Wildman–Crippen LogP) is 5.30. The number of nitrogens with zero attached hydrogens (tertiary/aromatic N) is 2. The first kappa shape index (κ1) is 12.1. The first-order valence-electron chi connectivity index (χ1n) is 5.95. The lowest BCUT2D eigenvalue weighted by molar-refractivity contribution is 1.44. The lowest BCUT2D eigenvalue weighted by Gasteiger charge is -2.01. The summed E-state index contributed by atoms with van der Waals surface area (Å²) in [5, 5.41) is 4.92. The molecule has 0 radical (unpaired) electrons. The van der Waals surface area contributed by atoms with E-state index in [9.17, 15) is 0 Å². The predicted molar refractivity (Wildman–Crippen MR) is 87.5 cm³/mol. The van der Waals surface area contributed by atoms with E-state index < -0.39 is 0 Å². The first-order valence-corrected chi connectivity index (χ1v) is 8.02. The van der Waals surface area contributed by atoms with E-state index in [1.165, 1.54) is 0 Å². The van der Waals surface area contributed by atoms with Crippen LogP contribution in [0, 0.1) is 0 Å². The third-order valence-corrected chi connectivity index (χ3v) is 5.19. The lowest BCUT2D eigenvalue weighted by atomic mass is 10.3. The zero-order chi connectivity index (χ0) is 13.5. The van der Waals surface area contributed by atoms with Crippen LogP contribution in [-0.4, -0.2) is 9.97 Å². The van der Waals surface area contributed by atoms with Gasteiger partial charge in [0.05, 0.1) is 31.0 Å². The van der Waals surface area contributed by atoms with E-state index in [-0.39, 0.29) is 0 Å². The molecule has 4 rings (SSSR count). The molecule has 1 N–H and O–H groups in total. The molecule has 4 aromatic rings. The van der Waals surface area contributed by atoms with Crippen LogP contribution in [0.2, 0.25) is 5.02 Å². The number of benzene rings is 2. The van der Waals surface area contributed by atoms with Crippen molar-refractivity contribution < 1.29 is 0 Å². The van der Waals surface area contributed by atoms with Gasteiger partial charge in [0.1, 0.15) is 0 Å². The van der Waals surface area contributed by atoms with Gasteiger partial charge in [-0.15, -0.1) is 11.3 Å². The molecule has 2 aromatic carbocycles. The van der Waals surface area contributed by atoms with E-state index in [1.807, 2.05) is 35.8 Å². The molecule has 0 aliphatic carbocycles. The molecule has 0 fully saturated rings. The zero-order valence-electron chi connectivity index (χ0n) is 10.1. The highest BCUT2D eigenvalue weighted by Gasteiger charge is 2.07. The van der Waals surface area contributed by atoms with Crippen LogP contribution < -0.4 is 5.32 Å². The molecule has 2 heterocycles. The van der Waals surface area contributed by atoms with Gasteiger partial charge >= 0.3 is 0 Å². The maximum Gasteiger partial charge on any atom is 0.188 e. The summed E-state index contributed by atoms with van der Waals surface area (Å²) in [5.74, 6) is 0. The van der Waals surface area contributed by atoms with Gasteiger partial charge in [-0.1, -0.05) is 29.0 Å². The molecule has 2 aromatic heterocycles. The molecule has 0 saturated heterocycles. The first-order chi connectivity index (χ1) is 9.79. The summed E-state index contributed by atoms with van der Waals surface area (Å²) >= 11 is 9.36. The number of thiazole rings is 2. The van der Waals surface area contributed by atoms with Gasteiger partial charge in [-0.2, -0.15) is 0 Å². The summed E-state index contributed by atoms with van der Waals surface area (Å²) in [4.78, 5) is 8.82. The molecule has 6 heteroatoms. The van der Waals surface area contributed by atoms with Crippen molar-refractivity contribution in [1.82, 2.24) is 9.97 Å². The number of anilines is 2. The molecule has 0 aliphatic rings. The Labute approximate surface area is 127 Å². The Kier molecular flexibility index (Phi) is 2.84. The second-order valence-corrected chi connectivity index (χ2v) is 6.56. The molecule has 0 saturated carbocycles. The number of halogens is 1. The zero-order valence-corrected chi connectivity index (χ0v) is 12.5. The number of nitrogens with one attached hydrogen (secondary N) is 1. The molecule has 0 amide bonds. The molecular weight excluding hydrogens is 310 g/mol. The number of aromatic nitrogens is 2. The third-order valence-electron chi connectivity index (χ3n) is 2.95. The maximum absolute atomic E-state index is 6.17. The van der Waals surface area contributed by atoms with Gasteiger partial charge in [0.25, 0.3) is 0 Å². The molecule has 0 spiro atoms. The summed E-state index contributed by atoms with van der Waals surface area (Å²) in [5.41, 5.74) is 4.81. The minimum Gasteiger partial charge on any atom is -0.331 e. The minimum atomic E-state index is 0.742. The van der Waals surface area contributed by atoms with Crippen LogP contribution in [0.25, 0.3) is 20.4 Å². The van der Waals surface area contributed by atoms with E-state index in [1.54, 1.807) is 22.7 Å². The summed E-state index contributed by atoms with van der Waals surface area (Å²) in [6.07, 6.45) is 0. The molecular formula is C14H8ClN3S2. The number of hydrogen-bond donors (Lipinski definition) is 1. The van der Waals surface area contributed by atoms with Crippen LogP contribution >= 0.6 is 34.3 Å². The largest absolute Gasteiger partial charge is 0.331 e. The van der Waals surface area contributed by atoms with Crippen molar-refractivity contribution in [3.05, 3.63) is 46.9 Å². The molecule has 0 aliphatic heterocycles. The Morgan fingerprint density at radius 3 is 2.95 bits per heavy atom. The number of fused-ring (bicyclic) bond motifs is 2. The second kappa shape index (κ2) is 4.70. The fourth-order valence-corrected chi connectivity index (χ4v) is 3.92. The quantitative estimate of drug-likeness (QED) is 0.545. The second-order valence-electron chi connectivity index (χ2n) is 4.27. The van der Waals surface area contributed by atoms with Gasteiger partial charge in [0.15, 0.2) is 5.13 Å². The average molecular weight is 318 g/mol. The van der Waals surface area contributed by atoms with Gasteiger partial charge in [0.2, 0.25) is 0 Å². The topological polar surface area (TPSA) is 37.8 Å². The Hall–Kier alpha value is -1.69. The summed E-state index contributed by atoms with van der Waals surface area (Å²) in [6, 6.07) is 11.9. The van der Waals surface area contributed by atoms with Gasteiger partial charge in [-0.3, -0.25) is 0 Å². The van der Waals surface area contributed by atoms with Crippen LogP contribution in [-0.2, 0) is 0 Å². The maximum atomic E-state index is 6.17. The van der Waals surface area contributed by atoms with E-state index >= 15 is 0 Å². The van der Waals surface area contributed by atoms with Gasteiger partial charge in [0, 0.05) is 5.69 Å². The van der Waals surface area contributed by atoms with E-state index in [0.717, 1.165) is 36.3 Å². The smallest absolute Gasteiger partial charge is 0.188 e.